The van der Waals surface area contributed by atoms with Crippen LogP contribution in [-0.4, -0.2) is 61.6 Å². The highest BCUT2D eigenvalue weighted by Gasteiger charge is 2.16. The van der Waals surface area contributed by atoms with Crippen LogP contribution in [0.4, 0.5) is 0 Å². The Morgan fingerprint density at radius 3 is 2.48 bits per heavy atom. The van der Waals surface area contributed by atoms with Gasteiger partial charge in [0.2, 0.25) is 0 Å². The van der Waals surface area contributed by atoms with E-state index in [2.05, 4.69) is 57.4 Å². The Kier molecular flexibility index (Phi) is 9.37. The zero-order valence-electron chi connectivity index (χ0n) is 15.8. The number of guanidine groups is 1. The first-order chi connectivity index (χ1) is 12.3. The standard InChI is InChI=1S/C20H35N5/c1-2-3-11-22-20(21)23-12-7-8-13-24-14-16-25(17-15-24)18-19-9-5-4-6-10-19/h4-6,9-10H,2-3,7-8,11-18H2,1H3,(H3,21,22,23). The number of hydrogen-bond donors (Lipinski definition) is 2. The van der Waals surface area contributed by atoms with Crippen molar-refractivity contribution in [1.82, 2.24) is 15.1 Å². The average Bonchev–Trinajstić information content (AvgIpc) is 2.64. The van der Waals surface area contributed by atoms with Gasteiger partial charge >= 0.3 is 0 Å². The normalized spacial score (nSPS) is 16.9. The van der Waals surface area contributed by atoms with E-state index in [0.717, 1.165) is 32.5 Å². The second kappa shape index (κ2) is 11.9. The molecule has 0 radical (unpaired) electrons. The van der Waals surface area contributed by atoms with Crippen LogP contribution in [-0.2, 0) is 6.54 Å². The number of hydrogen-bond acceptors (Lipinski definition) is 3. The third kappa shape index (κ3) is 8.36. The Labute approximate surface area is 153 Å². The molecule has 0 spiro atoms. The molecule has 140 valence electrons. The van der Waals surface area contributed by atoms with Crippen molar-refractivity contribution >= 4 is 5.96 Å². The molecule has 1 aliphatic heterocycles. The Bertz CT molecular complexity index is 480. The Hall–Kier alpha value is -1.59. The number of nitrogens with one attached hydrogen (secondary N) is 1. The van der Waals surface area contributed by atoms with Gasteiger partial charge in [0.25, 0.3) is 0 Å². The molecule has 1 fully saturated rings. The minimum absolute atomic E-state index is 0.600. The lowest BCUT2D eigenvalue weighted by Crippen LogP contribution is -2.46. The van der Waals surface area contributed by atoms with E-state index in [0.29, 0.717) is 5.96 Å². The summed E-state index contributed by atoms with van der Waals surface area (Å²) in [6.45, 7) is 10.9. The molecule has 2 rings (SSSR count). The molecule has 3 N–H and O–H groups in total. The Morgan fingerprint density at radius 1 is 1.04 bits per heavy atom. The van der Waals surface area contributed by atoms with Crippen LogP contribution in [0.15, 0.2) is 35.3 Å². The van der Waals surface area contributed by atoms with Crippen molar-refractivity contribution in [2.24, 2.45) is 10.7 Å². The van der Waals surface area contributed by atoms with Crippen LogP contribution in [0.25, 0.3) is 0 Å². The van der Waals surface area contributed by atoms with E-state index in [4.69, 9.17) is 5.73 Å². The predicted molar refractivity (Wildman–Crippen MR) is 107 cm³/mol. The zero-order chi connectivity index (χ0) is 17.7. The molecule has 1 aliphatic rings. The molecular formula is C20H35N5. The molecule has 0 aromatic heterocycles. The number of nitrogens with zero attached hydrogens (tertiary/aromatic N) is 3. The van der Waals surface area contributed by atoms with E-state index in [1.54, 1.807) is 0 Å². The van der Waals surface area contributed by atoms with E-state index in [1.165, 1.54) is 51.1 Å². The van der Waals surface area contributed by atoms with Crippen LogP contribution in [0.3, 0.4) is 0 Å². The largest absolute Gasteiger partial charge is 0.370 e. The fraction of sp³-hybridized carbons (Fsp3) is 0.650. The fourth-order valence-electron chi connectivity index (χ4n) is 3.11. The van der Waals surface area contributed by atoms with Gasteiger partial charge in [-0.3, -0.25) is 9.89 Å². The van der Waals surface area contributed by atoms with Gasteiger partial charge in [-0.05, 0) is 31.4 Å². The zero-order valence-corrected chi connectivity index (χ0v) is 15.8. The van der Waals surface area contributed by atoms with Crippen molar-refractivity contribution in [2.75, 3.05) is 45.8 Å². The van der Waals surface area contributed by atoms with Crippen molar-refractivity contribution in [3.63, 3.8) is 0 Å². The number of rotatable bonds is 10. The van der Waals surface area contributed by atoms with E-state index >= 15 is 0 Å². The smallest absolute Gasteiger partial charge is 0.188 e. The Balaban J connectivity index is 1.51. The number of piperazine rings is 1. The van der Waals surface area contributed by atoms with Crippen LogP contribution in [0.1, 0.15) is 38.2 Å². The number of aliphatic imine (C=N–C) groups is 1. The SMILES string of the molecule is CCCCNC(N)=NCCCCN1CCN(Cc2ccccc2)CC1. The summed E-state index contributed by atoms with van der Waals surface area (Å²) in [7, 11) is 0. The second-order valence-electron chi connectivity index (χ2n) is 6.86. The summed E-state index contributed by atoms with van der Waals surface area (Å²) in [4.78, 5) is 9.53. The summed E-state index contributed by atoms with van der Waals surface area (Å²) in [5.74, 6) is 0.600. The number of nitrogens with two attached hydrogens (primary N) is 1. The van der Waals surface area contributed by atoms with E-state index < -0.39 is 0 Å². The van der Waals surface area contributed by atoms with Crippen molar-refractivity contribution in [1.29, 1.82) is 0 Å². The Morgan fingerprint density at radius 2 is 1.76 bits per heavy atom. The average molecular weight is 346 g/mol. The topological polar surface area (TPSA) is 56.9 Å². The van der Waals surface area contributed by atoms with Crippen LogP contribution >= 0.6 is 0 Å². The third-order valence-electron chi connectivity index (χ3n) is 4.71. The molecule has 25 heavy (non-hydrogen) atoms. The molecule has 0 bridgehead atoms. The van der Waals surface area contributed by atoms with Crippen LogP contribution in [0, 0.1) is 0 Å². The lowest BCUT2D eigenvalue weighted by atomic mass is 10.2. The van der Waals surface area contributed by atoms with Gasteiger partial charge in [-0.1, -0.05) is 43.7 Å². The molecule has 0 saturated carbocycles. The van der Waals surface area contributed by atoms with Crippen LogP contribution in [0.5, 0.6) is 0 Å². The van der Waals surface area contributed by atoms with Gasteiger partial charge in [-0.25, -0.2) is 0 Å². The van der Waals surface area contributed by atoms with Crippen molar-refractivity contribution in [3.8, 4) is 0 Å². The molecule has 1 saturated heterocycles. The molecule has 1 aromatic carbocycles. The molecule has 0 atom stereocenters. The predicted octanol–water partition coefficient (Wildman–Crippen LogP) is 2.29. The van der Waals surface area contributed by atoms with Crippen LogP contribution in [0.2, 0.25) is 0 Å². The van der Waals surface area contributed by atoms with Crippen molar-refractivity contribution in [2.45, 2.75) is 39.2 Å². The van der Waals surface area contributed by atoms with Gasteiger partial charge in [-0.15, -0.1) is 0 Å². The summed E-state index contributed by atoms with van der Waals surface area (Å²) >= 11 is 0. The maximum Gasteiger partial charge on any atom is 0.188 e. The highest BCUT2D eigenvalue weighted by atomic mass is 15.3. The maximum atomic E-state index is 5.84. The molecule has 0 unspecified atom stereocenters. The molecule has 5 heteroatoms. The third-order valence-corrected chi connectivity index (χ3v) is 4.71. The molecule has 0 aliphatic carbocycles. The van der Waals surface area contributed by atoms with Gasteiger partial charge in [0, 0.05) is 45.8 Å². The second-order valence-corrected chi connectivity index (χ2v) is 6.86. The van der Waals surface area contributed by atoms with Gasteiger partial charge < -0.3 is 16.0 Å². The summed E-state index contributed by atoms with van der Waals surface area (Å²) in [6.07, 6.45) is 4.64. The molecule has 1 aromatic rings. The lowest BCUT2D eigenvalue weighted by molar-refractivity contribution is 0.126. The molecule has 5 nitrogen and oxygen atoms in total. The molecule has 0 amide bonds. The van der Waals surface area contributed by atoms with Crippen molar-refractivity contribution < 1.29 is 0 Å². The number of benzene rings is 1. The first-order valence-electron chi connectivity index (χ1n) is 9.80. The quantitative estimate of drug-likeness (QED) is 0.388. The summed E-state index contributed by atoms with van der Waals surface area (Å²) in [6, 6.07) is 10.8. The van der Waals surface area contributed by atoms with E-state index in [-0.39, 0.29) is 0 Å². The highest BCUT2D eigenvalue weighted by molar-refractivity contribution is 5.77. The van der Waals surface area contributed by atoms with Crippen molar-refractivity contribution in [3.05, 3.63) is 35.9 Å². The van der Waals surface area contributed by atoms with Gasteiger partial charge in [-0.2, -0.15) is 0 Å². The number of unbranched alkanes of at least 4 members (excludes halogenated alkanes) is 2. The summed E-state index contributed by atoms with van der Waals surface area (Å²) in [5.41, 5.74) is 7.26. The highest BCUT2D eigenvalue weighted by Crippen LogP contribution is 2.09. The van der Waals surface area contributed by atoms with Gasteiger partial charge in [0.15, 0.2) is 5.96 Å². The van der Waals surface area contributed by atoms with Crippen LogP contribution < -0.4 is 11.1 Å². The first-order valence-corrected chi connectivity index (χ1v) is 9.80. The van der Waals surface area contributed by atoms with E-state index in [9.17, 15) is 0 Å². The lowest BCUT2D eigenvalue weighted by Gasteiger charge is -2.34. The summed E-state index contributed by atoms with van der Waals surface area (Å²) in [5, 5.41) is 3.16. The van der Waals surface area contributed by atoms with Gasteiger partial charge in [0.05, 0.1) is 0 Å². The fourth-order valence-corrected chi connectivity index (χ4v) is 3.11. The first kappa shape index (κ1) is 19.7. The molecular weight excluding hydrogens is 310 g/mol. The summed E-state index contributed by atoms with van der Waals surface area (Å²) < 4.78 is 0. The van der Waals surface area contributed by atoms with E-state index in [1.807, 2.05) is 0 Å². The molecule has 1 heterocycles. The van der Waals surface area contributed by atoms with Gasteiger partial charge in [0.1, 0.15) is 0 Å². The maximum absolute atomic E-state index is 5.84. The minimum Gasteiger partial charge on any atom is -0.370 e. The monoisotopic (exact) mass is 345 g/mol. The minimum atomic E-state index is 0.600.